The number of para-hydroxylation sites is 1. The van der Waals surface area contributed by atoms with Crippen LogP contribution in [0.15, 0.2) is 29.2 Å². The van der Waals surface area contributed by atoms with Crippen molar-refractivity contribution in [2.75, 3.05) is 19.6 Å². The molecule has 0 bridgehead atoms. The normalized spacial score (nSPS) is 16.0. The van der Waals surface area contributed by atoms with Crippen molar-refractivity contribution in [2.45, 2.75) is 37.0 Å². The molecule has 2 rings (SSSR count). The number of nitrogens with one attached hydrogen (secondary N) is 1. The zero-order valence-corrected chi connectivity index (χ0v) is 14.1. The summed E-state index contributed by atoms with van der Waals surface area (Å²) in [6, 6.07) is 5.23. The summed E-state index contributed by atoms with van der Waals surface area (Å²) in [5.74, 6) is 0.106. The van der Waals surface area contributed by atoms with Gasteiger partial charge in [0.1, 0.15) is 0 Å². The van der Waals surface area contributed by atoms with E-state index in [0.29, 0.717) is 25.9 Å². The summed E-state index contributed by atoms with van der Waals surface area (Å²) in [7, 11) is -3.95. The summed E-state index contributed by atoms with van der Waals surface area (Å²) in [4.78, 5) is 23.5. The summed E-state index contributed by atoms with van der Waals surface area (Å²) < 4.78 is 26.8. The first-order valence-corrected chi connectivity index (χ1v) is 9.41. The van der Waals surface area contributed by atoms with Gasteiger partial charge in [0.05, 0.1) is 4.92 Å². The lowest BCUT2D eigenvalue weighted by Gasteiger charge is -2.20. The van der Waals surface area contributed by atoms with Gasteiger partial charge in [-0.3, -0.25) is 14.9 Å². The van der Waals surface area contributed by atoms with Crippen molar-refractivity contribution in [3.05, 3.63) is 34.4 Å². The summed E-state index contributed by atoms with van der Waals surface area (Å²) in [6.07, 6.45) is 3.91. The van der Waals surface area contributed by atoms with Gasteiger partial charge in [0.2, 0.25) is 15.9 Å². The van der Waals surface area contributed by atoms with Gasteiger partial charge in [-0.25, -0.2) is 13.1 Å². The highest BCUT2D eigenvalue weighted by Gasteiger charge is 2.24. The Labute approximate surface area is 141 Å². The van der Waals surface area contributed by atoms with E-state index in [9.17, 15) is 23.3 Å². The van der Waals surface area contributed by atoms with Gasteiger partial charge in [0, 0.05) is 32.1 Å². The van der Waals surface area contributed by atoms with E-state index >= 15 is 0 Å². The summed E-state index contributed by atoms with van der Waals surface area (Å²) in [5.41, 5.74) is -0.451. The van der Waals surface area contributed by atoms with Crippen LogP contribution in [-0.2, 0) is 14.8 Å². The molecule has 9 heteroatoms. The quantitative estimate of drug-likeness (QED) is 0.454. The van der Waals surface area contributed by atoms with Gasteiger partial charge < -0.3 is 4.90 Å². The van der Waals surface area contributed by atoms with E-state index in [1.807, 2.05) is 0 Å². The number of hydrogen-bond donors (Lipinski definition) is 1. The van der Waals surface area contributed by atoms with Crippen molar-refractivity contribution in [3.8, 4) is 0 Å². The molecule has 0 unspecified atom stereocenters. The van der Waals surface area contributed by atoms with E-state index in [-0.39, 0.29) is 17.3 Å². The first-order chi connectivity index (χ1) is 11.4. The van der Waals surface area contributed by atoms with Crippen molar-refractivity contribution in [1.29, 1.82) is 0 Å². The number of sulfonamides is 1. The molecule has 0 atom stereocenters. The molecule has 1 N–H and O–H groups in total. The Bertz CT molecular complexity index is 705. The molecule has 1 aliphatic rings. The third kappa shape index (κ3) is 4.75. The molecule has 0 aliphatic carbocycles. The Balaban J connectivity index is 1.91. The molecule has 1 aliphatic heterocycles. The molecule has 1 fully saturated rings. The van der Waals surface area contributed by atoms with Crippen LogP contribution in [0.3, 0.4) is 0 Å². The van der Waals surface area contributed by atoms with Gasteiger partial charge in [0.25, 0.3) is 5.69 Å². The van der Waals surface area contributed by atoms with E-state index in [1.165, 1.54) is 18.2 Å². The van der Waals surface area contributed by atoms with Crippen LogP contribution in [0.4, 0.5) is 5.69 Å². The maximum absolute atomic E-state index is 12.2. The maximum Gasteiger partial charge on any atom is 0.289 e. The number of amides is 1. The Morgan fingerprint density at radius 2 is 1.96 bits per heavy atom. The Morgan fingerprint density at radius 3 is 2.71 bits per heavy atom. The second kappa shape index (κ2) is 8.20. The highest BCUT2D eigenvalue weighted by molar-refractivity contribution is 7.89. The molecule has 24 heavy (non-hydrogen) atoms. The fourth-order valence-electron chi connectivity index (χ4n) is 2.66. The van der Waals surface area contributed by atoms with E-state index in [4.69, 9.17) is 0 Å². The van der Waals surface area contributed by atoms with Crippen LogP contribution < -0.4 is 4.72 Å². The number of carbonyl (C=O) groups excluding carboxylic acids is 1. The van der Waals surface area contributed by atoms with Gasteiger partial charge in [-0.05, 0) is 25.3 Å². The van der Waals surface area contributed by atoms with Crippen LogP contribution in [0.5, 0.6) is 0 Å². The summed E-state index contributed by atoms with van der Waals surface area (Å²) in [6.45, 7) is 1.31. The molecule has 0 spiro atoms. The Kier molecular flexibility index (Phi) is 6.27. The Morgan fingerprint density at radius 1 is 1.21 bits per heavy atom. The number of rotatable bonds is 7. The lowest BCUT2D eigenvalue weighted by molar-refractivity contribution is -0.387. The van der Waals surface area contributed by atoms with Crippen LogP contribution in [-0.4, -0.2) is 43.8 Å². The predicted octanol–water partition coefficient (Wildman–Crippen LogP) is 1.67. The molecule has 8 nitrogen and oxygen atoms in total. The zero-order valence-electron chi connectivity index (χ0n) is 13.3. The third-order valence-corrected chi connectivity index (χ3v) is 5.43. The lowest BCUT2D eigenvalue weighted by atomic mass is 10.2. The van der Waals surface area contributed by atoms with Crippen molar-refractivity contribution in [3.63, 3.8) is 0 Å². The van der Waals surface area contributed by atoms with Gasteiger partial charge in [-0.1, -0.05) is 18.6 Å². The van der Waals surface area contributed by atoms with Crippen LogP contribution in [0.2, 0.25) is 0 Å². The highest BCUT2D eigenvalue weighted by atomic mass is 32.2. The molecule has 1 saturated heterocycles. The van der Waals surface area contributed by atoms with E-state index in [2.05, 4.69) is 4.72 Å². The molecular weight excluding hydrogens is 334 g/mol. The monoisotopic (exact) mass is 355 g/mol. The first kappa shape index (κ1) is 18.3. The smallest absolute Gasteiger partial charge is 0.289 e. The minimum atomic E-state index is -3.95. The molecule has 1 aromatic rings. The van der Waals surface area contributed by atoms with Gasteiger partial charge in [-0.15, -0.1) is 0 Å². The number of nitrogens with zero attached hydrogens (tertiary/aromatic N) is 2. The third-order valence-electron chi connectivity index (χ3n) is 3.92. The van der Waals surface area contributed by atoms with Crippen molar-refractivity contribution >= 4 is 21.6 Å². The number of nitro benzene ring substituents is 1. The topological polar surface area (TPSA) is 110 Å². The predicted molar refractivity (Wildman–Crippen MR) is 87.9 cm³/mol. The molecular formula is C15H21N3O5S. The highest BCUT2D eigenvalue weighted by Crippen LogP contribution is 2.22. The summed E-state index contributed by atoms with van der Waals surface area (Å²) in [5, 5.41) is 10.9. The minimum Gasteiger partial charge on any atom is -0.343 e. The van der Waals surface area contributed by atoms with Crippen molar-refractivity contribution in [1.82, 2.24) is 9.62 Å². The van der Waals surface area contributed by atoms with Crippen molar-refractivity contribution < 1.29 is 18.1 Å². The molecule has 0 aromatic heterocycles. The van der Waals surface area contributed by atoms with E-state index in [1.54, 1.807) is 4.90 Å². The molecule has 1 amide bonds. The van der Waals surface area contributed by atoms with E-state index in [0.717, 1.165) is 25.3 Å². The maximum atomic E-state index is 12.2. The number of benzene rings is 1. The second-order valence-electron chi connectivity index (χ2n) is 5.67. The van der Waals surface area contributed by atoms with Gasteiger partial charge in [-0.2, -0.15) is 0 Å². The standard InChI is InChI=1S/C15H21N3O5S/c19-15-9-2-1-5-11-17(15)12-6-10-16-24(22,23)14-8-4-3-7-13(14)18(20)21/h3-4,7-8,16H,1-2,5-6,9-12H2. The van der Waals surface area contributed by atoms with E-state index < -0.39 is 20.6 Å². The van der Waals surface area contributed by atoms with Crippen LogP contribution in [0.25, 0.3) is 0 Å². The first-order valence-electron chi connectivity index (χ1n) is 7.92. The average molecular weight is 355 g/mol. The van der Waals surface area contributed by atoms with Crippen molar-refractivity contribution in [2.24, 2.45) is 0 Å². The zero-order chi connectivity index (χ0) is 17.6. The minimum absolute atomic E-state index is 0.106. The second-order valence-corrected chi connectivity index (χ2v) is 7.40. The van der Waals surface area contributed by atoms with Crippen LogP contribution in [0, 0.1) is 10.1 Å². The van der Waals surface area contributed by atoms with Gasteiger partial charge >= 0.3 is 0 Å². The largest absolute Gasteiger partial charge is 0.343 e. The van der Waals surface area contributed by atoms with Crippen LogP contribution >= 0.6 is 0 Å². The Hall–Kier alpha value is -2.00. The SMILES string of the molecule is O=C1CCCCCN1CCCNS(=O)(=O)c1ccccc1[N+](=O)[O-]. The van der Waals surface area contributed by atoms with Crippen LogP contribution in [0.1, 0.15) is 32.1 Å². The molecule has 132 valence electrons. The molecule has 1 aromatic carbocycles. The number of nitro groups is 1. The number of carbonyl (C=O) groups is 1. The molecule has 1 heterocycles. The fraction of sp³-hybridized carbons (Fsp3) is 0.533. The fourth-order valence-corrected chi connectivity index (χ4v) is 3.91. The molecule has 0 radical (unpaired) electrons. The number of likely N-dealkylation sites (tertiary alicyclic amines) is 1. The van der Waals surface area contributed by atoms with Gasteiger partial charge in [0.15, 0.2) is 4.90 Å². The molecule has 0 saturated carbocycles. The summed E-state index contributed by atoms with van der Waals surface area (Å²) >= 11 is 0. The number of hydrogen-bond acceptors (Lipinski definition) is 5. The average Bonchev–Trinajstić information content (AvgIpc) is 2.76. The lowest BCUT2D eigenvalue weighted by Crippen LogP contribution is -2.34.